The summed E-state index contributed by atoms with van der Waals surface area (Å²) in [5.74, 6) is -1.31. The van der Waals surface area contributed by atoms with E-state index < -0.39 is 16.5 Å². The van der Waals surface area contributed by atoms with Crippen molar-refractivity contribution in [2.75, 3.05) is 0 Å². The second-order valence-electron chi connectivity index (χ2n) is 7.39. The first-order chi connectivity index (χ1) is 15.4. The van der Waals surface area contributed by atoms with Gasteiger partial charge in [-0.05, 0) is 17.7 Å². The van der Waals surface area contributed by atoms with Crippen molar-refractivity contribution >= 4 is 28.4 Å². The van der Waals surface area contributed by atoms with Gasteiger partial charge in [-0.2, -0.15) is 0 Å². The number of Topliss-reactive ketones (excluding diaryl/α,β-unsaturated/α-hetero) is 1. The minimum atomic E-state index is -0.577. The number of aromatic hydroxyl groups is 2. The fourth-order valence-electron chi connectivity index (χ4n) is 4.15. The van der Waals surface area contributed by atoms with E-state index in [1.807, 2.05) is 34.9 Å². The van der Waals surface area contributed by atoms with Gasteiger partial charge in [-0.25, -0.2) is 0 Å². The number of ether oxygens (including phenoxy) is 1. The van der Waals surface area contributed by atoms with Gasteiger partial charge in [0.15, 0.2) is 5.76 Å². The van der Waals surface area contributed by atoms with Crippen molar-refractivity contribution in [3.8, 4) is 28.5 Å². The van der Waals surface area contributed by atoms with Gasteiger partial charge in [-0.3, -0.25) is 14.9 Å². The molecule has 2 N–H and O–H groups in total. The van der Waals surface area contributed by atoms with Gasteiger partial charge in [-0.1, -0.05) is 36.4 Å². The highest BCUT2D eigenvalue weighted by atomic mass is 16.6. The highest BCUT2D eigenvalue weighted by Crippen LogP contribution is 2.43. The number of nitro benzene ring substituents is 1. The fourth-order valence-corrected chi connectivity index (χ4v) is 4.15. The van der Waals surface area contributed by atoms with Gasteiger partial charge >= 0.3 is 0 Å². The third-order valence-electron chi connectivity index (χ3n) is 5.50. The van der Waals surface area contributed by atoms with E-state index in [2.05, 4.69) is 0 Å². The Kier molecular flexibility index (Phi) is 4.23. The molecular weight excluding hydrogens is 412 g/mol. The van der Waals surface area contributed by atoms with Gasteiger partial charge < -0.3 is 19.5 Å². The van der Waals surface area contributed by atoms with Crippen molar-refractivity contribution in [1.29, 1.82) is 0 Å². The summed E-state index contributed by atoms with van der Waals surface area (Å²) in [6.07, 6.45) is 1.45. The molecule has 0 bridgehead atoms. The standard InChI is InChI=1S/C24H16N2O6/c1-25-16-8-5-9-17(26(30)31)21(16)15(23(25)13-6-3-2-4-7-13)12-20-24(29)22-18(28)10-14(27)11-19(22)32-20/h2-12,27-28H,1H3. The smallest absolute Gasteiger partial charge is 0.279 e. The molecule has 8 nitrogen and oxygen atoms in total. The fraction of sp³-hybridized carbons (Fsp3) is 0.0417. The van der Waals surface area contributed by atoms with Gasteiger partial charge in [0, 0.05) is 30.8 Å². The molecule has 32 heavy (non-hydrogen) atoms. The van der Waals surface area contributed by atoms with E-state index >= 15 is 0 Å². The highest BCUT2D eigenvalue weighted by molar-refractivity contribution is 6.17. The molecule has 0 spiro atoms. The summed E-state index contributed by atoms with van der Waals surface area (Å²) in [7, 11) is 1.80. The summed E-state index contributed by atoms with van der Waals surface area (Å²) >= 11 is 0. The Morgan fingerprint density at radius 3 is 2.53 bits per heavy atom. The Hall–Kier alpha value is -4.59. The normalized spacial score (nSPS) is 14.0. The Bertz CT molecular complexity index is 1470. The summed E-state index contributed by atoms with van der Waals surface area (Å²) < 4.78 is 7.48. The average molecular weight is 428 g/mol. The molecule has 3 aromatic carbocycles. The minimum absolute atomic E-state index is 0.0229. The lowest BCUT2D eigenvalue weighted by atomic mass is 10.0. The largest absolute Gasteiger partial charge is 0.508 e. The molecule has 0 amide bonds. The van der Waals surface area contributed by atoms with E-state index in [1.165, 1.54) is 18.2 Å². The first-order valence-corrected chi connectivity index (χ1v) is 9.68. The SMILES string of the molecule is Cn1c(-c2ccccc2)c(C=C2Oc3cc(O)cc(O)c3C2=O)c2c([N+](=O)[O-])cccc21. The zero-order chi connectivity index (χ0) is 22.6. The number of aryl methyl sites for hydroxylation is 1. The third-order valence-corrected chi connectivity index (χ3v) is 5.50. The van der Waals surface area contributed by atoms with E-state index in [1.54, 1.807) is 19.2 Å². The maximum absolute atomic E-state index is 13.0. The number of allylic oxidation sites excluding steroid dienone is 1. The predicted molar refractivity (Wildman–Crippen MR) is 118 cm³/mol. The number of aromatic nitrogens is 1. The number of carbonyl (C=O) groups excluding carboxylic acids is 1. The van der Waals surface area contributed by atoms with Crippen LogP contribution in [-0.4, -0.2) is 25.5 Å². The lowest BCUT2D eigenvalue weighted by molar-refractivity contribution is -0.383. The number of ketones is 1. The monoisotopic (exact) mass is 428 g/mol. The Balaban J connectivity index is 1.82. The van der Waals surface area contributed by atoms with E-state index in [4.69, 9.17) is 4.74 Å². The molecule has 1 aliphatic heterocycles. The number of non-ortho nitro benzene ring substituents is 1. The Morgan fingerprint density at radius 2 is 1.81 bits per heavy atom. The Labute approximate surface area is 181 Å². The number of rotatable bonds is 3. The number of nitrogens with zero attached hydrogens (tertiary/aromatic N) is 2. The summed E-state index contributed by atoms with van der Waals surface area (Å²) in [5, 5.41) is 32.0. The van der Waals surface area contributed by atoms with E-state index in [9.17, 15) is 25.1 Å². The minimum Gasteiger partial charge on any atom is -0.508 e. The van der Waals surface area contributed by atoms with E-state index in [-0.39, 0.29) is 28.5 Å². The van der Waals surface area contributed by atoms with Crippen molar-refractivity contribution in [3.63, 3.8) is 0 Å². The van der Waals surface area contributed by atoms with Crippen LogP contribution in [0.15, 0.2) is 66.4 Å². The summed E-state index contributed by atoms with van der Waals surface area (Å²) in [4.78, 5) is 24.3. The molecule has 158 valence electrons. The van der Waals surface area contributed by atoms with Crippen LogP contribution < -0.4 is 4.74 Å². The molecule has 0 unspecified atom stereocenters. The molecule has 0 aliphatic carbocycles. The highest BCUT2D eigenvalue weighted by Gasteiger charge is 2.33. The summed E-state index contributed by atoms with van der Waals surface area (Å²) in [6, 6.07) is 16.4. The van der Waals surface area contributed by atoms with Crippen LogP contribution in [0.4, 0.5) is 5.69 Å². The van der Waals surface area contributed by atoms with Crippen molar-refractivity contribution in [2.24, 2.45) is 7.05 Å². The molecule has 4 aromatic rings. The number of carbonyl (C=O) groups is 1. The Morgan fingerprint density at radius 1 is 1.06 bits per heavy atom. The lowest BCUT2D eigenvalue weighted by Crippen LogP contribution is -1.99. The zero-order valence-corrected chi connectivity index (χ0v) is 16.8. The van der Waals surface area contributed by atoms with Gasteiger partial charge in [0.05, 0.1) is 21.5 Å². The van der Waals surface area contributed by atoms with Crippen LogP contribution >= 0.6 is 0 Å². The van der Waals surface area contributed by atoms with Gasteiger partial charge in [0.1, 0.15) is 22.8 Å². The van der Waals surface area contributed by atoms with Crippen molar-refractivity contribution in [1.82, 2.24) is 4.57 Å². The molecule has 0 atom stereocenters. The van der Waals surface area contributed by atoms with Crippen LogP contribution in [0.3, 0.4) is 0 Å². The van der Waals surface area contributed by atoms with Crippen LogP contribution in [0, 0.1) is 10.1 Å². The first-order valence-electron chi connectivity index (χ1n) is 9.68. The molecule has 1 aliphatic rings. The van der Waals surface area contributed by atoms with Crippen LogP contribution in [0.1, 0.15) is 15.9 Å². The van der Waals surface area contributed by atoms with Gasteiger partial charge in [-0.15, -0.1) is 0 Å². The molecule has 0 saturated heterocycles. The van der Waals surface area contributed by atoms with Crippen LogP contribution in [0.5, 0.6) is 17.2 Å². The van der Waals surface area contributed by atoms with Crippen molar-refractivity contribution in [3.05, 3.63) is 87.7 Å². The predicted octanol–water partition coefficient (Wildman–Crippen LogP) is 4.78. The van der Waals surface area contributed by atoms with Crippen LogP contribution in [-0.2, 0) is 7.05 Å². The maximum Gasteiger partial charge on any atom is 0.279 e. The number of nitro groups is 1. The van der Waals surface area contributed by atoms with Gasteiger partial charge in [0.2, 0.25) is 5.78 Å². The van der Waals surface area contributed by atoms with Gasteiger partial charge in [0.25, 0.3) is 5.69 Å². The third kappa shape index (κ3) is 2.81. The topological polar surface area (TPSA) is 115 Å². The quantitative estimate of drug-likeness (QED) is 0.276. The summed E-state index contributed by atoms with van der Waals surface area (Å²) in [6.45, 7) is 0. The number of fused-ring (bicyclic) bond motifs is 2. The average Bonchev–Trinajstić information content (AvgIpc) is 3.22. The second-order valence-corrected chi connectivity index (χ2v) is 7.39. The maximum atomic E-state index is 13.0. The molecule has 1 aromatic heterocycles. The van der Waals surface area contributed by atoms with Crippen LogP contribution in [0.2, 0.25) is 0 Å². The number of hydrogen-bond donors (Lipinski definition) is 2. The molecule has 0 saturated carbocycles. The molecule has 0 fully saturated rings. The molecule has 5 rings (SSSR count). The first kappa shape index (κ1) is 19.4. The number of phenols is 2. The van der Waals surface area contributed by atoms with Crippen molar-refractivity contribution < 1.29 is 24.7 Å². The molecule has 0 radical (unpaired) electrons. The molecule has 8 heteroatoms. The van der Waals surface area contributed by atoms with E-state index in [0.717, 1.165) is 11.6 Å². The number of hydrogen-bond acceptors (Lipinski definition) is 6. The van der Waals surface area contributed by atoms with E-state index in [0.29, 0.717) is 22.2 Å². The number of phenolic OH excluding ortho intramolecular Hbond substituents is 2. The van der Waals surface area contributed by atoms with Crippen LogP contribution in [0.25, 0.3) is 28.2 Å². The second kappa shape index (κ2) is 6.98. The molecular formula is C24H16N2O6. The van der Waals surface area contributed by atoms with Crippen molar-refractivity contribution in [2.45, 2.75) is 0 Å². The zero-order valence-electron chi connectivity index (χ0n) is 16.8. The summed E-state index contributed by atoms with van der Waals surface area (Å²) in [5.41, 5.74) is 2.37. The lowest BCUT2D eigenvalue weighted by Gasteiger charge is -2.06. The molecule has 2 heterocycles. The number of benzene rings is 3.